The first kappa shape index (κ1) is 19.9. The molecular formula is C24H20BrN5S. The van der Waals surface area contributed by atoms with E-state index in [1.165, 1.54) is 0 Å². The number of thiocarbonyl (C=S) groups is 1. The minimum atomic E-state index is -0.102. The van der Waals surface area contributed by atoms with Crippen LogP contribution in [0.25, 0.3) is 5.82 Å². The molecule has 0 radical (unpaired) electrons. The zero-order chi connectivity index (χ0) is 21.4. The molecule has 2 atom stereocenters. The normalized spacial score (nSPS) is 18.3. The molecule has 7 heteroatoms. The Morgan fingerprint density at radius 1 is 0.968 bits per heavy atom. The van der Waals surface area contributed by atoms with Gasteiger partial charge in [0, 0.05) is 34.4 Å². The first-order valence-electron chi connectivity index (χ1n) is 9.99. The van der Waals surface area contributed by atoms with Gasteiger partial charge in [0.2, 0.25) is 0 Å². The molecule has 0 aliphatic carbocycles. The summed E-state index contributed by atoms with van der Waals surface area (Å²) in [7, 11) is 0. The molecule has 0 amide bonds. The van der Waals surface area contributed by atoms with Crippen LogP contribution in [0.15, 0.2) is 89.8 Å². The number of hydrogen-bond acceptors (Lipinski definition) is 3. The third-order valence-corrected chi connectivity index (χ3v) is 6.70. The third kappa shape index (κ3) is 3.64. The van der Waals surface area contributed by atoms with E-state index >= 15 is 0 Å². The summed E-state index contributed by atoms with van der Waals surface area (Å²) in [5, 5.41) is 4.20. The van der Waals surface area contributed by atoms with E-state index in [4.69, 9.17) is 12.2 Å². The van der Waals surface area contributed by atoms with Crippen molar-refractivity contribution in [2.45, 2.75) is 19.0 Å². The number of aryl methyl sites for hydroxylation is 1. The summed E-state index contributed by atoms with van der Waals surface area (Å²) in [6.07, 6.45) is 5.67. The van der Waals surface area contributed by atoms with E-state index in [1.807, 2.05) is 61.1 Å². The fourth-order valence-corrected chi connectivity index (χ4v) is 4.64. The van der Waals surface area contributed by atoms with E-state index < -0.39 is 0 Å². The molecule has 1 aliphatic heterocycles. The van der Waals surface area contributed by atoms with Crippen LogP contribution in [0.4, 0.5) is 5.69 Å². The molecule has 0 saturated carbocycles. The van der Waals surface area contributed by atoms with Crippen molar-refractivity contribution in [1.82, 2.24) is 19.9 Å². The Balaban J connectivity index is 1.68. The monoisotopic (exact) mass is 489 g/mol. The lowest BCUT2D eigenvalue weighted by molar-refractivity contribution is 0.548. The lowest BCUT2D eigenvalue weighted by atomic mass is 10.0. The number of nitrogens with zero attached hydrogens (tertiary/aromatic N) is 4. The number of benzene rings is 1. The van der Waals surface area contributed by atoms with E-state index in [1.54, 1.807) is 0 Å². The van der Waals surface area contributed by atoms with Crippen LogP contribution >= 0.6 is 28.1 Å². The van der Waals surface area contributed by atoms with Crippen LogP contribution in [0.5, 0.6) is 0 Å². The molecule has 1 N–H and O–H groups in total. The lowest BCUT2D eigenvalue weighted by Gasteiger charge is -2.29. The number of rotatable bonds is 4. The zero-order valence-corrected chi connectivity index (χ0v) is 19.2. The average Bonchev–Trinajstić information content (AvgIpc) is 3.41. The van der Waals surface area contributed by atoms with Crippen molar-refractivity contribution in [2.24, 2.45) is 0 Å². The van der Waals surface area contributed by atoms with Crippen LogP contribution in [0, 0.1) is 6.92 Å². The van der Waals surface area contributed by atoms with Crippen LogP contribution in [-0.4, -0.2) is 19.6 Å². The summed E-state index contributed by atoms with van der Waals surface area (Å²) < 4.78 is 3.19. The van der Waals surface area contributed by atoms with Gasteiger partial charge in [-0.1, -0.05) is 28.1 Å². The maximum Gasteiger partial charge on any atom is 0.174 e. The molecule has 31 heavy (non-hydrogen) atoms. The van der Waals surface area contributed by atoms with Crippen LogP contribution in [0.1, 0.15) is 29.0 Å². The number of halogens is 1. The van der Waals surface area contributed by atoms with Crippen LogP contribution in [-0.2, 0) is 0 Å². The minimum Gasteiger partial charge on any atom is -0.351 e. The van der Waals surface area contributed by atoms with Gasteiger partial charge < -0.3 is 14.8 Å². The summed E-state index contributed by atoms with van der Waals surface area (Å²) in [4.78, 5) is 11.4. The van der Waals surface area contributed by atoms with Gasteiger partial charge in [-0.3, -0.25) is 4.98 Å². The maximum atomic E-state index is 5.84. The van der Waals surface area contributed by atoms with E-state index in [0.29, 0.717) is 5.11 Å². The second-order valence-corrected chi connectivity index (χ2v) is 8.66. The van der Waals surface area contributed by atoms with Gasteiger partial charge in [-0.25, -0.2) is 4.98 Å². The van der Waals surface area contributed by atoms with Crippen molar-refractivity contribution in [3.05, 3.63) is 107 Å². The molecule has 4 aromatic rings. The zero-order valence-electron chi connectivity index (χ0n) is 16.8. The van der Waals surface area contributed by atoms with Crippen molar-refractivity contribution >= 4 is 38.9 Å². The van der Waals surface area contributed by atoms with Gasteiger partial charge >= 0.3 is 0 Å². The van der Waals surface area contributed by atoms with E-state index in [0.717, 1.165) is 32.9 Å². The van der Waals surface area contributed by atoms with Gasteiger partial charge in [0.1, 0.15) is 11.9 Å². The summed E-state index contributed by atoms with van der Waals surface area (Å²) in [5.41, 5.74) is 4.22. The van der Waals surface area contributed by atoms with Crippen LogP contribution in [0.3, 0.4) is 0 Å². The summed E-state index contributed by atoms with van der Waals surface area (Å²) in [6, 6.07) is 22.2. The topological polar surface area (TPSA) is 46.0 Å². The Bertz CT molecular complexity index is 1230. The molecule has 5 rings (SSSR count). The van der Waals surface area contributed by atoms with Gasteiger partial charge in [-0.05, 0) is 79.3 Å². The predicted octanol–water partition coefficient (Wildman–Crippen LogP) is 5.52. The highest BCUT2D eigenvalue weighted by Gasteiger charge is 2.42. The van der Waals surface area contributed by atoms with Crippen molar-refractivity contribution in [3.63, 3.8) is 0 Å². The Hall–Kier alpha value is -3.03. The van der Waals surface area contributed by atoms with Crippen molar-refractivity contribution in [3.8, 4) is 5.82 Å². The molecule has 0 bridgehead atoms. The van der Waals surface area contributed by atoms with Crippen molar-refractivity contribution < 1.29 is 0 Å². The number of anilines is 1. The molecule has 1 fully saturated rings. The van der Waals surface area contributed by atoms with E-state index in [-0.39, 0.29) is 12.1 Å². The molecule has 1 aliphatic rings. The van der Waals surface area contributed by atoms with Gasteiger partial charge in [0.15, 0.2) is 5.11 Å². The largest absolute Gasteiger partial charge is 0.351 e. The minimum absolute atomic E-state index is 0.0972. The van der Waals surface area contributed by atoms with Crippen LogP contribution in [0.2, 0.25) is 0 Å². The van der Waals surface area contributed by atoms with Gasteiger partial charge in [-0.15, -0.1) is 0 Å². The molecule has 154 valence electrons. The summed E-state index contributed by atoms with van der Waals surface area (Å²) in [6.45, 7) is 2.09. The van der Waals surface area contributed by atoms with Gasteiger partial charge in [0.05, 0.1) is 11.7 Å². The molecule has 5 nitrogen and oxygen atoms in total. The smallest absolute Gasteiger partial charge is 0.174 e. The molecule has 0 spiro atoms. The highest BCUT2D eigenvalue weighted by Crippen LogP contribution is 2.42. The SMILES string of the molecule is Cc1cc(N2C(=S)N[C@H](c3ccccn3)[C@H]2c2cccn2-c2ccccn2)ccc1Br. The van der Waals surface area contributed by atoms with Crippen LogP contribution < -0.4 is 10.2 Å². The molecule has 1 saturated heterocycles. The summed E-state index contributed by atoms with van der Waals surface area (Å²) in [5.74, 6) is 0.868. The molecule has 1 aromatic carbocycles. The molecule has 0 unspecified atom stereocenters. The second-order valence-electron chi connectivity index (χ2n) is 7.42. The third-order valence-electron chi connectivity index (χ3n) is 5.50. The molecule has 4 heterocycles. The number of nitrogens with one attached hydrogen (secondary N) is 1. The standard InChI is InChI=1S/C24H20BrN5S/c1-16-15-17(10-11-18(16)25)30-23(22(28-24(30)31)19-7-2-4-12-26-19)20-8-6-14-29(20)21-9-3-5-13-27-21/h2-15,22-23H,1H3,(H,28,31)/t22-,23-/m1/s1. The highest BCUT2D eigenvalue weighted by atomic mass is 79.9. The first-order valence-corrected chi connectivity index (χ1v) is 11.2. The quantitative estimate of drug-likeness (QED) is 0.382. The second kappa shape index (κ2) is 8.24. The average molecular weight is 490 g/mol. The van der Waals surface area contributed by atoms with Crippen molar-refractivity contribution in [1.29, 1.82) is 0 Å². The Morgan fingerprint density at radius 3 is 2.48 bits per heavy atom. The summed E-state index contributed by atoms with van der Waals surface area (Å²) >= 11 is 9.45. The number of hydrogen-bond donors (Lipinski definition) is 1. The molecular weight excluding hydrogens is 470 g/mol. The molecule has 3 aromatic heterocycles. The predicted molar refractivity (Wildman–Crippen MR) is 130 cm³/mol. The van der Waals surface area contributed by atoms with Gasteiger partial charge in [-0.2, -0.15) is 0 Å². The first-order chi connectivity index (χ1) is 15.1. The number of pyridine rings is 2. The maximum absolute atomic E-state index is 5.84. The van der Waals surface area contributed by atoms with E-state index in [2.05, 4.69) is 71.9 Å². The van der Waals surface area contributed by atoms with Crippen molar-refractivity contribution in [2.75, 3.05) is 4.90 Å². The number of aromatic nitrogens is 3. The van der Waals surface area contributed by atoms with E-state index in [9.17, 15) is 0 Å². The fraction of sp³-hybridized carbons (Fsp3) is 0.125. The Morgan fingerprint density at radius 2 is 1.77 bits per heavy atom. The highest BCUT2D eigenvalue weighted by molar-refractivity contribution is 9.10. The fourth-order valence-electron chi connectivity index (χ4n) is 4.05. The lowest BCUT2D eigenvalue weighted by Crippen LogP contribution is -2.30. The Kier molecular flexibility index (Phi) is 5.29. The Labute approximate surface area is 194 Å². The van der Waals surface area contributed by atoms with Gasteiger partial charge in [0.25, 0.3) is 0 Å².